The Labute approximate surface area is 140 Å². The molecule has 1 saturated heterocycles. The number of carbonyl (C=O) groups is 2. The zero-order valence-electron chi connectivity index (χ0n) is 14.0. The number of amides is 1. The van der Waals surface area contributed by atoms with E-state index in [0.717, 1.165) is 48.7 Å². The maximum atomic E-state index is 12.1. The fourth-order valence-corrected chi connectivity index (χ4v) is 2.72. The van der Waals surface area contributed by atoms with Crippen molar-refractivity contribution in [3.05, 3.63) is 41.2 Å². The third kappa shape index (κ3) is 3.48. The number of aromatic nitrogens is 2. The summed E-state index contributed by atoms with van der Waals surface area (Å²) in [7, 11) is 0. The van der Waals surface area contributed by atoms with Gasteiger partial charge in [-0.15, -0.1) is 0 Å². The van der Waals surface area contributed by atoms with Gasteiger partial charge < -0.3 is 14.6 Å². The first-order valence-electron chi connectivity index (χ1n) is 8.13. The molecule has 1 amide bonds. The summed E-state index contributed by atoms with van der Waals surface area (Å²) in [6, 6.07) is 7.00. The Morgan fingerprint density at radius 2 is 1.83 bits per heavy atom. The molecule has 24 heavy (non-hydrogen) atoms. The van der Waals surface area contributed by atoms with Crippen molar-refractivity contribution in [1.29, 1.82) is 0 Å². The Bertz CT molecular complexity index is 724. The van der Waals surface area contributed by atoms with Gasteiger partial charge in [0.05, 0.1) is 11.3 Å². The van der Waals surface area contributed by atoms with E-state index in [-0.39, 0.29) is 12.5 Å². The van der Waals surface area contributed by atoms with E-state index < -0.39 is 5.97 Å². The summed E-state index contributed by atoms with van der Waals surface area (Å²) in [5.41, 5.74) is 3.30. The van der Waals surface area contributed by atoms with Gasteiger partial charge in [-0.1, -0.05) is 12.1 Å². The number of esters is 1. The largest absolute Gasteiger partial charge is 0.452 e. The lowest BCUT2D eigenvalue weighted by Crippen LogP contribution is -2.32. The number of ether oxygens (including phenoxy) is 1. The van der Waals surface area contributed by atoms with Crippen LogP contribution in [0.3, 0.4) is 0 Å². The molecule has 126 valence electrons. The van der Waals surface area contributed by atoms with Crippen LogP contribution in [0.5, 0.6) is 0 Å². The summed E-state index contributed by atoms with van der Waals surface area (Å²) in [5.74, 6) is 0.161. The van der Waals surface area contributed by atoms with Gasteiger partial charge in [-0.05, 0) is 38.8 Å². The number of nitrogens with one attached hydrogen (secondary N) is 1. The van der Waals surface area contributed by atoms with Crippen molar-refractivity contribution in [2.75, 3.05) is 19.7 Å². The molecule has 0 aliphatic carbocycles. The monoisotopic (exact) mass is 327 g/mol. The van der Waals surface area contributed by atoms with Crippen LogP contribution in [0, 0.1) is 13.8 Å². The first kappa shape index (κ1) is 16.2. The Morgan fingerprint density at radius 3 is 2.42 bits per heavy atom. The lowest BCUT2D eigenvalue weighted by Gasteiger charge is -2.14. The summed E-state index contributed by atoms with van der Waals surface area (Å²) in [4.78, 5) is 33.3. The van der Waals surface area contributed by atoms with Crippen LogP contribution < -0.4 is 0 Å². The molecule has 0 atom stereocenters. The van der Waals surface area contributed by atoms with Crippen LogP contribution in [0.15, 0.2) is 24.3 Å². The number of benzene rings is 1. The molecule has 0 radical (unpaired) electrons. The van der Waals surface area contributed by atoms with Crippen molar-refractivity contribution in [2.45, 2.75) is 26.7 Å². The minimum Gasteiger partial charge on any atom is -0.452 e. The molecule has 1 aromatic carbocycles. The van der Waals surface area contributed by atoms with Crippen LogP contribution in [0.1, 0.15) is 34.6 Å². The predicted octanol–water partition coefficient (Wildman–Crippen LogP) is 2.47. The molecule has 0 spiro atoms. The topological polar surface area (TPSA) is 75.3 Å². The summed E-state index contributed by atoms with van der Waals surface area (Å²) in [5, 5.41) is 0. The second-order valence-corrected chi connectivity index (χ2v) is 6.04. The Balaban J connectivity index is 1.60. The molecular weight excluding hydrogens is 306 g/mol. The van der Waals surface area contributed by atoms with Crippen LogP contribution in [-0.4, -0.2) is 46.4 Å². The minimum atomic E-state index is -0.485. The number of H-pyrrole nitrogens is 1. The first-order valence-corrected chi connectivity index (χ1v) is 8.13. The molecule has 2 heterocycles. The summed E-state index contributed by atoms with van der Waals surface area (Å²) < 4.78 is 5.12. The van der Waals surface area contributed by atoms with Crippen LogP contribution >= 0.6 is 0 Å². The van der Waals surface area contributed by atoms with Crippen LogP contribution in [0.2, 0.25) is 0 Å². The number of aromatic amines is 1. The maximum Gasteiger partial charge on any atom is 0.338 e. The molecule has 1 aliphatic rings. The van der Waals surface area contributed by atoms with Crippen molar-refractivity contribution in [3.63, 3.8) is 0 Å². The number of aryl methyl sites for hydroxylation is 2. The molecule has 0 bridgehead atoms. The highest BCUT2D eigenvalue weighted by molar-refractivity contribution is 5.91. The lowest BCUT2D eigenvalue weighted by molar-refractivity contribution is -0.133. The van der Waals surface area contributed by atoms with Gasteiger partial charge in [0, 0.05) is 24.3 Å². The lowest BCUT2D eigenvalue weighted by atomic mass is 10.1. The van der Waals surface area contributed by atoms with Crippen molar-refractivity contribution in [3.8, 4) is 11.4 Å². The van der Waals surface area contributed by atoms with Gasteiger partial charge in [-0.2, -0.15) is 0 Å². The van der Waals surface area contributed by atoms with Gasteiger partial charge in [0.2, 0.25) is 0 Å². The Kier molecular flexibility index (Phi) is 4.64. The van der Waals surface area contributed by atoms with Gasteiger partial charge in [0.15, 0.2) is 6.61 Å². The molecule has 1 aliphatic heterocycles. The maximum absolute atomic E-state index is 12.1. The molecule has 1 N–H and O–H groups in total. The summed E-state index contributed by atoms with van der Waals surface area (Å²) >= 11 is 0. The number of imidazole rings is 1. The summed E-state index contributed by atoms with van der Waals surface area (Å²) in [6.45, 7) is 5.23. The Morgan fingerprint density at radius 1 is 1.17 bits per heavy atom. The number of hydrogen-bond acceptors (Lipinski definition) is 4. The zero-order chi connectivity index (χ0) is 17.1. The van der Waals surface area contributed by atoms with E-state index in [4.69, 9.17) is 4.74 Å². The number of carbonyl (C=O) groups excluding carboxylic acids is 2. The first-order chi connectivity index (χ1) is 11.5. The molecule has 0 saturated carbocycles. The number of likely N-dealkylation sites (tertiary alicyclic amines) is 1. The standard InChI is InChI=1S/C18H21N3O3/c1-12-13(2)20-17(19-12)14-5-7-15(8-6-14)18(23)24-11-16(22)21-9-3-4-10-21/h5-8H,3-4,9-11H2,1-2H3,(H,19,20). The highest BCUT2D eigenvalue weighted by Gasteiger charge is 2.19. The van der Waals surface area contributed by atoms with Crippen LogP contribution in [-0.2, 0) is 9.53 Å². The highest BCUT2D eigenvalue weighted by atomic mass is 16.5. The van der Waals surface area contributed by atoms with Crippen LogP contribution in [0.4, 0.5) is 0 Å². The van der Waals surface area contributed by atoms with E-state index in [0.29, 0.717) is 5.56 Å². The van der Waals surface area contributed by atoms with E-state index >= 15 is 0 Å². The van der Waals surface area contributed by atoms with Crippen LogP contribution in [0.25, 0.3) is 11.4 Å². The van der Waals surface area contributed by atoms with Gasteiger partial charge in [0.1, 0.15) is 5.82 Å². The fourth-order valence-electron chi connectivity index (χ4n) is 2.72. The average Bonchev–Trinajstić information content (AvgIpc) is 3.23. The van der Waals surface area contributed by atoms with Gasteiger partial charge in [0.25, 0.3) is 5.91 Å². The molecule has 6 nitrogen and oxygen atoms in total. The number of nitrogens with zero attached hydrogens (tertiary/aromatic N) is 2. The molecule has 1 fully saturated rings. The molecule has 3 rings (SSSR count). The second kappa shape index (κ2) is 6.86. The van der Waals surface area contributed by atoms with E-state index in [1.54, 1.807) is 17.0 Å². The molecular formula is C18H21N3O3. The second-order valence-electron chi connectivity index (χ2n) is 6.04. The van der Waals surface area contributed by atoms with Gasteiger partial charge >= 0.3 is 5.97 Å². The zero-order valence-corrected chi connectivity index (χ0v) is 14.0. The van der Waals surface area contributed by atoms with E-state index in [2.05, 4.69) is 9.97 Å². The molecule has 6 heteroatoms. The quantitative estimate of drug-likeness (QED) is 0.875. The average molecular weight is 327 g/mol. The third-order valence-electron chi connectivity index (χ3n) is 4.31. The third-order valence-corrected chi connectivity index (χ3v) is 4.31. The van der Waals surface area contributed by atoms with E-state index in [1.807, 2.05) is 26.0 Å². The molecule has 1 aromatic heterocycles. The number of hydrogen-bond donors (Lipinski definition) is 1. The Hall–Kier alpha value is -2.63. The highest BCUT2D eigenvalue weighted by Crippen LogP contribution is 2.18. The van der Waals surface area contributed by atoms with E-state index in [9.17, 15) is 9.59 Å². The normalized spacial score (nSPS) is 14.0. The van der Waals surface area contributed by atoms with Crippen molar-refractivity contribution >= 4 is 11.9 Å². The van der Waals surface area contributed by atoms with Gasteiger partial charge in [-0.25, -0.2) is 9.78 Å². The van der Waals surface area contributed by atoms with E-state index in [1.165, 1.54) is 0 Å². The number of rotatable bonds is 4. The smallest absolute Gasteiger partial charge is 0.338 e. The fraction of sp³-hybridized carbons (Fsp3) is 0.389. The minimum absolute atomic E-state index is 0.126. The van der Waals surface area contributed by atoms with Gasteiger partial charge in [-0.3, -0.25) is 4.79 Å². The molecule has 0 unspecified atom stereocenters. The SMILES string of the molecule is Cc1nc(-c2ccc(C(=O)OCC(=O)N3CCCC3)cc2)[nH]c1C. The predicted molar refractivity (Wildman–Crippen MR) is 89.6 cm³/mol. The summed E-state index contributed by atoms with van der Waals surface area (Å²) in [6.07, 6.45) is 2.04. The van der Waals surface area contributed by atoms with Crippen molar-refractivity contribution in [2.24, 2.45) is 0 Å². The van der Waals surface area contributed by atoms with Crippen molar-refractivity contribution < 1.29 is 14.3 Å². The van der Waals surface area contributed by atoms with Crippen molar-refractivity contribution in [1.82, 2.24) is 14.9 Å². The molecule has 2 aromatic rings.